The molecule has 1 aliphatic carbocycles. The molecule has 3 amide bonds. The molecule has 1 fully saturated rings. The molecule has 0 aliphatic heterocycles. The first kappa shape index (κ1) is 18.8. The van der Waals surface area contributed by atoms with Crippen molar-refractivity contribution in [1.82, 2.24) is 5.32 Å². The highest BCUT2D eigenvalue weighted by atomic mass is 16.6. The molecule has 2 atom stereocenters. The van der Waals surface area contributed by atoms with Crippen LogP contribution in [0.5, 0.6) is 0 Å². The Hall–Kier alpha value is -3.02. The van der Waals surface area contributed by atoms with Crippen LogP contribution in [0.1, 0.15) is 31.2 Å². The van der Waals surface area contributed by atoms with Crippen LogP contribution >= 0.6 is 0 Å². The summed E-state index contributed by atoms with van der Waals surface area (Å²) in [5.41, 5.74) is 2.50. The molecule has 0 saturated heterocycles. The third-order valence-electron chi connectivity index (χ3n) is 4.65. The molecular weight excluding hydrogens is 342 g/mol. The van der Waals surface area contributed by atoms with Crippen LogP contribution in [-0.4, -0.2) is 24.3 Å². The van der Waals surface area contributed by atoms with E-state index in [1.807, 2.05) is 61.5 Å². The average molecular weight is 367 g/mol. The number of anilines is 2. The summed E-state index contributed by atoms with van der Waals surface area (Å²) in [5.74, 6) is 0. The largest absolute Gasteiger partial charge is 0.446 e. The monoisotopic (exact) mass is 367 g/mol. The number of para-hydroxylation sites is 2. The topological polar surface area (TPSA) is 79.5 Å². The second-order valence-corrected chi connectivity index (χ2v) is 6.80. The fourth-order valence-electron chi connectivity index (χ4n) is 3.26. The van der Waals surface area contributed by atoms with Gasteiger partial charge in [0.1, 0.15) is 6.10 Å². The van der Waals surface area contributed by atoms with Crippen LogP contribution in [0.15, 0.2) is 54.6 Å². The van der Waals surface area contributed by atoms with Gasteiger partial charge in [0.15, 0.2) is 0 Å². The van der Waals surface area contributed by atoms with E-state index < -0.39 is 6.09 Å². The van der Waals surface area contributed by atoms with Crippen LogP contribution in [0.2, 0.25) is 0 Å². The molecule has 0 aromatic heterocycles. The third-order valence-corrected chi connectivity index (χ3v) is 4.65. The maximum absolute atomic E-state index is 12.3. The van der Waals surface area contributed by atoms with Crippen LogP contribution in [0.25, 0.3) is 0 Å². The molecule has 2 aromatic rings. The molecule has 3 rings (SSSR count). The summed E-state index contributed by atoms with van der Waals surface area (Å²) in [4.78, 5) is 24.3. The minimum Gasteiger partial charge on any atom is -0.446 e. The summed E-state index contributed by atoms with van der Waals surface area (Å²) in [5, 5.41) is 8.58. The zero-order valence-corrected chi connectivity index (χ0v) is 15.4. The highest BCUT2D eigenvalue weighted by molar-refractivity contribution is 5.90. The van der Waals surface area contributed by atoms with Crippen molar-refractivity contribution in [3.63, 3.8) is 0 Å². The average Bonchev–Trinajstić information content (AvgIpc) is 2.64. The Bertz CT molecular complexity index is 779. The molecule has 0 spiro atoms. The Morgan fingerprint density at radius 3 is 2.48 bits per heavy atom. The van der Waals surface area contributed by atoms with Gasteiger partial charge in [-0.1, -0.05) is 36.4 Å². The summed E-state index contributed by atoms with van der Waals surface area (Å²) >= 11 is 0. The lowest BCUT2D eigenvalue weighted by Crippen LogP contribution is -2.43. The number of benzene rings is 2. The Morgan fingerprint density at radius 1 is 0.963 bits per heavy atom. The Morgan fingerprint density at radius 2 is 1.70 bits per heavy atom. The van der Waals surface area contributed by atoms with E-state index in [1.165, 1.54) is 0 Å². The van der Waals surface area contributed by atoms with Crippen molar-refractivity contribution in [3.05, 3.63) is 60.2 Å². The van der Waals surface area contributed by atoms with E-state index in [2.05, 4.69) is 16.0 Å². The van der Waals surface area contributed by atoms with Gasteiger partial charge in [-0.05, 0) is 49.9 Å². The van der Waals surface area contributed by atoms with Gasteiger partial charge < -0.3 is 15.4 Å². The summed E-state index contributed by atoms with van der Waals surface area (Å²) < 4.78 is 5.52. The smallest absolute Gasteiger partial charge is 0.411 e. The lowest BCUT2D eigenvalue weighted by Gasteiger charge is -2.29. The van der Waals surface area contributed by atoms with Crippen LogP contribution in [0.4, 0.5) is 21.0 Å². The SMILES string of the molecule is Cc1ccccc1NC(=O)NC1CCCC(OC(=O)Nc2ccccc2)C1. The van der Waals surface area contributed by atoms with Crippen molar-refractivity contribution in [2.24, 2.45) is 0 Å². The third kappa shape index (κ3) is 5.74. The lowest BCUT2D eigenvalue weighted by atomic mass is 9.93. The molecule has 2 unspecified atom stereocenters. The fraction of sp³-hybridized carbons (Fsp3) is 0.333. The minimum atomic E-state index is -0.462. The van der Waals surface area contributed by atoms with Crippen molar-refractivity contribution in [3.8, 4) is 0 Å². The summed E-state index contributed by atoms with van der Waals surface area (Å²) in [6, 6.07) is 16.6. The molecule has 0 radical (unpaired) electrons. The predicted molar refractivity (Wildman–Crippen MR) is 106 cm³/mol. The van der Waals surface area contributed by atoms with Crippen LogP contribution in [-0.2, 0) is 4.74 Å². The molecule has 142 valence electrons. The zero-order valence-electron chi connectivity index (χ0n) is 15.4. The highest BCUT2D eigenvalue weighted by Crippen LogP contribution is 2.22. The second kappa shape index (κ2) is 9.07. The van der Waals surface area contributed by atoms with E-state index in [0.29, 0.717) is 12.1 Å². The van der Waals surface area contributed by atoms with Crippen molar-refractivity contribution in [1.29, 1.82) is 0 Å². The second-order valence-electron chi connectivity index (χ2n) is 6.80. The van der Waals surface area contributed by atoms with E-state index in [4.69, 9.17) is 4.74 Å². The molecule has 2 aromatic carbocycles. The van der Waals surface area contributed by atoms with Crippen LogP contribution < -0.4 is 16.0 Å². The molecule has 0 bridgehead atoms. The van der Waals surface area contributed by atoms with Gasteiger partial charge >= 0.3 is 12.1 Å². The minimum absolute atomic E-state index is 0.0164. The maximum atomic E-state index is 12.3. The number of hydrogen-bond acceptors (Lipinski definition) is 3. The van der Waals surface area contributed by atoms with E-state index in [9.17, 15) is 9.59 Å². The summed E-state index contributed by atoms with van der Waals surface area (Å²) in [6.45, 7) is 1.95. The number of carbonyl (C=O) groups is 2. The lowest BCUT2D eigenvalue weighted by molar-refractivity contribution is 0.0779. The zero-order chi connectivity index (χ0) is 19.1. The maximum Gasteiger partial charge on any atom is 0.411 e. The van der Waals surface area contributed by atoms with Crippen molar-refractivity contribution < 1.29 is 14.3 Å². The Balaban J connectivity index is 1.46. The quantitative estimate of drug-likeness (QED) is 0.734. The first-order valence-corrected chi connectivity index (χ1v) is 9.26. The van der Waals surface area contributed by atoms with Crippen molar-refractivity contribution in [2.45, 2.75) is 44.8 Å². The van der Waals surface area contributed by atoms with Gasteiger partial charge in [0, 0.05) is 23.8 Å². The van der Waals surface area contributed by atoms with Gasteiger partial charge in [0.05, 0.1) is 0 Å². The number of carbonyl (C=O) groups excluding carboxylic acids is 2. The molecule has 6 nitrogen and oxygen atoms in total. The summed E-state index contributed by atoms with van der Waals surface area (Å²) in [7, 11) is 0. The molecule has 6 heteroatoms. The normalized spacial score (nSPS) is 19.0. The molecule has 3 N–H and O–H groups in total. The van der Waals surface area contributed by atoms with E-state index in [1.54, 1.807) is 0 Å². The predicted octanol–water partition coefficient (Wildman–Crippen LogP) is 4.68. The molecule has 27 heavy (non-hydrogen) atoms. The molecular formula is C21H25N3O3. The molecule has 1 saturated carbocycles. The van der Waals surface area contributed by atoms with Gasteiger partial charge in [-0.2, -0.15) is 0 Å². The Labute approximate surface area is 159 Å². The first-order chi connectivity index (χ1) is 13.1. The van der Waals surface area contributed by atoms with E-state index in [-0.39, 0.29) is 18.2 Å². The molecule has 1 aliphatic rings. The van der Waals surface area contributed by atoms with Gasteiger partial charge in [-0.3, -0.25) is 5.32 Å². The van der Waals surface area contributed by atoms with E-state index >= 15 is 0 Å². The van der Waals surface area contributed by atoms with Gasteiger partial charge in [-0.25, -0.2) is 9.59 Å². The number of nitrogens with one attached hydrogen (secondary N) is 3. The van der Waals surface area contributed by atoms with Crippen LogP contribution in [0, 0.1) is 6.92 Å². The van der Waals surface area contributed by atoms with Gasteiger partial charge in [0.2, 0.25) is 0 Å². The van der Waals surface area contributed by atoms with Gasteiger partial charge in [0.25, 0.3) is 0 Å². The number of ether oxygens (including phenoxy) is 1. The standard InChI is InChI=1S/C21H25N3O3/c1-15-8-5-6-13-19(15)24-20(25)22-17-11-7-12-18(14-17)27-21(26)23-16-9-3-2-4-10-16/h2-6,8-10,13,17-18H,7,11-12,14H2,1H3,(H,23,26)(H2,22,24,25). The number of amides is 3. The number of hydrogen-bond donors (Lipinski definition) is 3. The fourth-order valence-corrected chi connectivity index (χ4v) is 3.26. The van der Waals surface area contributed by atoms with Crippen LogP contribution in [0.3, 0.4) is 0 Å². The Kier molecular flexibility index (Phi) is 6.30. The van der Waals surface area contributed by atoms with Crippen molar-refractivity contribution in [2.75, 3.05) is 10.6 Å². The first-order valence-electron chi connectivity index (χ1n) is 9.26. The number of urea groups is 1. The molecule has 0 heterocycles. The number of aryl methyl sites for hydroxylation is 1. The summed E-state index contributed by atoms with van der Waals surface area (Å²) in [6.07, 6.45) is 2.53. The number of rotatable bonds is 4. The highest BCUT2D eigenvalue weighted by Gasteiger charge is 2.26. The van der Waals surface area contributed by atoms with Crippen molar-refractivity contribution >= 4 is 23.5 Å². The van der Waals surface area contributed by atoms with E-state index in [0.717, 1.165) is 30.5 Å². The van der Waals surface area contributed by atoms with Gasteiger partial charge in [-0.15, -0.1) is 0 Å².